The van der Waals surface area contributed by atoms with Crippen LogP contribution in [0, 0.1) is 6.92 Å². The van der Waals surface area contributed by atoms with Gasteiger partial charge in [0.25, 0.3) is 0 Å². The van der Waals surface area contributed by atoms with E-state index >= 15 is 0 Å². The number of hydrogen-bond acceptors (Lipinski definition) is 2. The molecule has 2 aromatic rings. The van der Waals surface area contributed by atoms with Crippen molar-refractivity contribution in [3.63, 3.8) is 0 Å². The van der Waals surface area contributed by atoms with E-state index < -0.39 is 0 Å². The molecule has 0 aliphatic carbocycles. The van der Waals surface area contributed by atoms with Gasteiger partial charge in [-0.25, -0.2) is 4.98 Å². The number of halogens is 1. The predicted octanol–water partition coefficient (Wildman–Crippen LogP) is 2.38. The maximum atomic E-state index is 8.82. The van der Waals surface area contributed by atoms with E-state index in [9.17, 15) is 0 Å². The summed E-state index contributed by atoms with van der Waals surface area (Å²) < 4.78 is 2.10. The molecule has 1 aromatic heterocycles. The number of aromatic nitrogens is 2. The van der Waals surface area contributed by atoms with Crippen molar-refractivity contribution >= 4 is 22.6 Å². The summed E-state index contributed by atoms with van der Waals surface area (Å²) >= 11 is 5.90. The number of aliphatic hydroxyl groups excluding tert-OH is 1. The van der Waals surface area contributed by atoms with Gasteiger partial charge < -0.3 is 9.67 Å². The van der Waals surface area contributed by atoms with E-state index in [1.165, 1.54) is 0 Å². The van der Waals surface area contributed by atoms with E-state index in [1.54, 1.807) is 0 Å². The van der Waals surface area contributed by atoms with Crippen molar-refractivity contribution in [2.75, 3.05) is 6.61 Å². The van der Waals surface area contributed by atoms with E-state index in [2.05, 4.69) is 9.55 Å². The van der Waals surface area contributed by atoms with Crippen LogP contribution in [0.25, 0.3) is 11.0 Å². The molecule has 0 atom stereocenters. The third kappa shape index (κ3) is 1.98. The van der Waals surface area contributed by atoms with E-state index in [-0.39, 0.29) is 6.61 Å². The third-order valence-corrected chi connectivity index (χ3v) is 2.68. The molecule has 0 fully saturated rings. The normalized spacial score (nSPS) is 11.1. The van der Waals surface area contributed by atoms with Crippen LogP contribution >= 0.6 is 11.6 Å². The molecule has 0 amide bonds. The molecule has 1 N–H and O–H groups in total. The van der Waals surface area contributed by atoms with Crippen molar-refractivity contribution < 1.29 is 5.11 Å². The second-order valence-electron chi connectivity index (χ2n) is 3.52. The summed E-state index contributed by atoms with van der Waals surface area (Å²) in [5, 5.41) is 9.52. The molecular formula is C11H13ClN2O. The number of aryl methyl sites for hydroxylation is 2. The van der Waals surface area contributed by atoms with Gasteiger partial charge in [0, 0.05) is 18.2 Å². The highest BCUT2D eigenvalue weighted by atomic mass is 35.5. The lowest BCUT2D eigenvalue weighted by Crippen LogP contribution is -2.01. The Labute approximate surface area is 93.3 Å². The van der Waals surface area contributed by atoms with Crippen LogP contribution in [-0.4, -0.2) is 21.3 Å². The van der Waals surface area contributed by atoms with E-state index in [4.69, 9.17) is 16.7 Å². The number of rotatable bonds is 3. The molecule has 0 radical (unpaired) electrons. The van der Waals surface area contributed by atoms with E-state index in [1.807, 2.05) is 25.1 Å². The first-order chi connectivity index (χ1) is 7.22. The minimum Gasteiger partial charge on any atom is -0.396 e. The molecule has 0 saturated heterocycles. The first kappa shape index (κ1) is 10.5. The summed E-state index contributed by atoms with van der Waals surface area (Å²) in [5.74, 6) is 0.959. The largest absolute Gasteiger partial charge is 0.396 e. The van der Waals surface area contributed by atoms with Crippen molar-refractivity contribution in [3.05, 3.63) is 29.0 Å². The molecule has 0 aliphatic rings. The van der Waals surface area contributed by atoms with Crippen LogP contribution in [0.5, 0.6) is 0 Å². The average molecular weight is 225 g/mol. The molecular weight excluding hydrogens is 212 g/mol. The predicted molar refractivity (Wildman–Crippen MR) is 61.2 cm³/mol. The molecule has 80 valence electrons. The summed E-state index contributed by atoms with van der Waals surface area (Å²) in [6.45, 7) is 2.96. The molecule has 3 nitrogen and oxygen atoms in total. The number of benzene rings is 1. The van der Waals surface area contributed by atoms with Gasteiger partial charge in [-0.2, -0.15) is 0 Å². The molecule has 1 aromatic carbocycles. The second kappa shape index (κ2) is 4.21. The van der Waals surface area contributed by atoms with Gasteiger partial charge in [0.2, 0.25) is 0 Å². The lowest BCUT2D eigenvalue weighted by Gasteiger charge is -2.04. The van der Waals surface area contributed by atoms with Gasteiger partial charge in [-0.1, -0.05) is 11.6 Å². The molecule has 2 rings (SSSR count). The molecule has 0 bridgehead atoms. The monoisotopic (exact) mass is 224 g/mol. The Morgan fingerprint density at radius 3 is 3.00 bits per heavy atom. The van der Waals surface area contributed by atoms with Gasteiger partial charge in [0.15, 0.2) is 0 Å². The van der Waals surface area contributed by atoms with E-state index in [0.29, 0.717) is 5.02 Å². The number of nitrogens with zero attached hydrogens (tertiary/aromatic N) is 2. The summed E-state index contributed by atoms with van der Waals surface area (Å²) in [4.78, 5) is 4.42. The number of fused-ring (bicyclic) bond motifs is 1. The van der Waals surface area contributed by atoms with Crippen LogP contribution in [-0.2, 0) is 6.54 Å². The SMILES string of the molecule is Cc1nc2cc(Cl)ccc2n1CCCO. The minimum atomic E-state index is 0.201. The Bertz CT molecular complexity index is 479. The first-order valence-corrected chi connectivity index (χ1v) is 5.33. The minimum absolute atomic E-state index is 0.201. The van der Waals surface area contributed by atoms with Gasteiger partial charge in [0.05, 0.1) is 11.0 Å². The van der Waals surface area contributed by atoms with Gasteiger partial charge in [-0.3, -0.25) is 0 Å². The first-order valence-electron chi connectivity index (χ1n) is 4.95. The maximum Gasteiger partial charge on any atom is 0.106 e. The van der Waals surface area contributed by atoms with Gasteiger partial charge in [-0.15, -0.1) is 0 Å². The third-order valence-electron chi connectivity index (χ3n) is 2.44. The highest BCUT2D eigenvalue weighted by molar-refractivity contribution is 6.31. The van der Waals surface area contributed by atoms with Crippen molar-refractivity contribution in [3.8, 4) is 0 Å². The van der Waals surface area contributed by atoms with Crippen molar-refractivity contribution in [2.24, 2.45) is 0 Å². The standard InChI is InChI=1S/C11H13ClN2O/c1-8-13-10-7-9(12)3-4-11(10)14(8)5-2-6-15/h3-4,7,15H,2,5-6H2,1H3. The zero-order chi connectivity index (χ0) is 10.8. The lowest BCUT2D eigenvalue weighted by molar-refractivity contribution is 0.280. The summed E-state index contributed by atoms with van der Waals surface area (Å²) in [7, 11) is 0. The number of aliphatic hydroxyl groups is 1. The lowest BCUT2D eigenvalue weighted by atomic mass is 10.3. The van der Waals surface area contributed by atoms with Crippen LogP contribution < -0.4 is 0 Å². The van der Waals surface area contributed by atoms with Crippen LogP contribution in [0.4, 0.5) is 0 Å². The van der Waals surface area contributed by atoms with Crippen molar-refractivity contribution in [2.45, 2.75) is 19.9 Å². The highest BCUT2D eigenvalue weighted by Gasteiger charge is 2.06. The van der Waals surface area contributed by atoms with E-state index in [0.717, 1.165) is 29.8 Å². The Morgan fingerprint density at radius 2 is 2.27 bits per heavy atom. The maximum absolute atomic E-state index is 8.82. The topological polar surface area (TPSA) is 38.0 Å². The Hall–Kier alpha value is -1.06. The molecule has 4 heteroatoms. The molecule has 0 unspecified atom stereocenters. The number of hydrogen-bond donors (Lipinski definition) is 1. The quantitative estimate of drug-likeness (QED) is 0.870. The molecule has 1 heterocycles. The zero-order valence-electron chi connectivity index (χ0n) is 8.57. The summed E-state index contributed by atoms with van der Waals surface area (Å²) in [6, 6.07) is 5.69. The fraction of sp³-hybridized carbons (Fsp3) is 0.364. The fourth-order valence-electron chi connectivity index (χ4n) is 1.73. The smallest absolute Gasteiger partial charge is 0.106 e. The Balaban J connectivity index is 2.48. The van der Waals surface area contributed by atoms with Crippen LogP contribution in [0.3, 0.4) is 0 Å². The number of imidazole rings is 1. The summed E-state index contributed by atoms with van der Waals surface area (Å²) in [6.07, 6.45) is 0.745. The van der Waals surface area contributed by atoms with Crippen LogP contribution in [0.2, 0.25) is 5.02 Å². The van der Waals surface area contributed by atoms with Crippen molar-refractivity contribution in [1.29, 1.82) is 0 Å². The van der Waals surface area contributed by atoms with Gasteiger partial charge in [-0.05, 0) is 31.5 Å². The molecule has 15 heavy (non-hydrogen) atoms. The molecule has 0 aliphatic heterocycles. The second-order valence-corrected chi connectivity index (χ2v) is 3.96. The average Bonchev–Trinajstić information content (AvgIpc) is 2.50. The zero-order valence-corrected chi connectivity index (χ0v) is 9.33. The molecule has 0 spiro atoms. The Morgan fingerprint density at radius 1 is 1.47 bits per heavy atom. The van der Waals surface area contributed by atoms with Gasteiger partial charge in [0.1, 0.15) is 5.82 Å². The fourth-order valence-corrected chi connectivity index (χ4v) is 1.90. The summed E-state index contributed by atoms with van der Waals surface area (Å²) in [5.41, 5.74) is 1.99. The van der Waals surface area contributed by atoms with Crippen molar-refractivity contribution in [1.82, 2.24) is 9.55 Å². The highest BCUT2D eigenvalue weighted by Crippen LogP contribution is 2.20. The van der Waals surface area contributed by atoms with Crippen LogP contribution in [0.1, 0.15) is 12.2 Å². The van der Waals surface area contributed by atoms with Crippen LogP contribution in [0.15, 0.2) is 18.2 Å². The molecule has 0 saturated carbocycles. The van der Waals surface area contributed by atoms with Gasteiger partial charge >= 0.3 is 0 Å². The Kier molecular flexibility index (Phi) is 2.93.